The largest absolute Gasteiger partial charge is 0.339 e. The lowest BCUT2D eigenvalue weighted by atomic mass is 9.96. The Hall–Kier alpha value is -1.56. The summed E-state index contributed by atoms with van der Waals surface area (Å²) in [7, 11) is 1.98. The summed E-state index contributed by atoms with van der Waals surface area (Å²) in [4.78, 5) is 15.0. The van der Waals surface area contributed by atoms with Gasteiger partial charge in [-0.2, -0.15) is 5.10 Å². The Morgan fingerprint density at radius 1 is 1.26 bits per heavy atom. The van der Waals surface area contributed by atoms with Crippen molar-refractivity contribution in [1.29, 1.82) is 0 Å². The monoisotopic (exact) mass is 410 g/mol. The van der Waals surface area contributed by atoms with Gasteiger partial charge in [-0.05, 0) is 57.8 Å². The van der Waals surface area contributed by atoms with E-state index >= 15 is 0 Å². The Kier molecular flexibility index (Phi) is 7.71. The average molecular weight is 411 g/mol. The molecule has 2 heterocycles. The van der Waals surface area contributed by atoms with Crippen LogP contribution in [0.3, 0.4) is 0 Å². The van der Waals surface area contributed by atoms with E-state index in [0.29, 0.717) is 12.5 Å². The number of likely N-dealkylation sites (tertiary alicyclic amines) is 1. The number of nitrogens with one attached hydrogen (secondary N) is 1. The summed E-state index contributed by atoms with van der Waals surface area (Å²) in [6.45, 7) is 7.12. The predicted octanol–water partition coefficient (Wildman–Crippen LogP) is 3.70. The molecule has 0 spiro atoms. The van der Waals surface area contributed by atoms with E-state index in [9.17, 15) is 4.79 Å². The van der Waals surface area contributed by atoms with Gasteiger partial charge in [0.1, 0.15) is 0 Å². The van der Waals surface area contributed by atoms with E-state index in [-0.39, 0.29) is 18.3 Å². The van der Waals surface area contributed by atoms with E-state index < -0.39 is 0 Å². The highest BCUT2D eigenvalue weighted by atomic mass is 35.5. The molecule has 148 valence electrons. The number of benzene rings is 1. The SMILES string of the molecule is CNCC1CCN(C(=O)c2c(C)nn(Cc3ccccc3Cl)c2C)CC1.Cl. The minimum atomic E-state index is 0. The van der Waals surface area contributed by atoms with E-state index in [2.05, 4.69) is 10.4 Å². The number of halogens is 2. The van der Waals surface area contributed by atoms with Crippen LogP contribution in [-0.2, 0) is 6.54 Å². The maximum Gasteiger partial charge on any atom is 0.257 e. The van der Waals surface area contributed by atoms with Crippen LogP contribution in [0.1, 0.15) is 40.2 Å². The van der Waals surface area contributed by atoms with Crippen LogP contribution >= 0.6 is 24.0 Å². The molecule has 0 aliphatic carbocycles. The smallest absolute Gasteiger partial charge is 0.257 e. The van der Waals surface area contributed by atoms with Gasteiger partial charge in [-0.15, -0.1) is 12.4 Å². The first-order valence-corrected chi connectivity index (χ1v) is 9.60. The summed E-state index contributed by atoms with van der Waals surface area (Å²) in [5, 5.41) is 8.56. The van der Waals surface area contributed by atoms with Crippen LogP contribution in [0.4, 0.5) is 0 Å². The molecule has 1 N–H and O–H groups in total. The van der Waals surface area contributed by atoms with Gasteiger partial charge in [0.15, 0.2) is 0 Å². The van der Waals surface area contributed by atoms with Gasteiger partial charge in [0, 0.05) is 23.8 Å². The van der Waals surface area contributed by atoms with Crippen molar-refractivity contribution in [2.75, 3.05) is 26.7 Å². The van der Waals surface area contributed by atoms with Gasteiger partial charge in [0.05, 0.1) is 17.8 Å². The summed E-state index contributed by atoms with van der Waals surface area (Å²) in [5.41, 5.74) is 3.44. The lowest BCUT2D eigenvalue weighted by Gasteiger charge is -2.32. The molecule has 1 fully saturated rings. The number of hydrogen-bond acceptors (Lipinski definition) is 3. The molecule has 0 bridgehead atoms. The normalized spacial score (nSPS) is 14.9. The zero-order chi connectivity index (χ0) is 18.7. The van der Waals surface area contributed by atoms with Crippen molar-refractivity contribution in [3.8, 4) is 0 Å². The number of aromatic nitrogens is 2. The Morgan fingerprint density at radius 3 is 2.56 bits per heavy atom. The fourth-order valence-corrected chi connectivity index (χ4v) is 3.93. The van der Waals surface area contributed by atoms with Crippen LogP contribution in [0.15, 0.2) is 24.3 Å². The topological polar surface area (TPSA) is 50.2 Å². The molecule has 1 saturated heterocycles. The number of carbonyl (C=O) groups excluding carboxylic acids is 1. The summed E-state index contributed by atoms with van der Waals surface area (Å²) in [6.07, 6.45) is 2.11. The van der Waals surface area contributed by atoms with Crippen molar-refractivity contribution in [1.82, 2.24) is 20.0 Å². The van der Waals surface area contributed by atoms with Gasteiger partial charge < -0.3 is 10.2 Å². The van der Waals surface area contributed by atoms with Crippen molar-refractivity contribution >= 4 is 29.9 Å². The number of aryl methyl sites for hydroxylation is 1. The minimum Gasteiger partial charge on any atom is -0.339 e. The summed E-state index contributed by atoms with van der Waals surface area (Å²) >= 11 is 6.28. The highest BCUT2D eigenvalue weighted by Gasteiger charge is 2.27. The van der Waals surface area contributed by atoms with E-state index in [4.69, 9.17) is 11.6 Å². The molecule has 1 amide bonds. The molecule has 1 aromatic carbocycles. The maximum atomic E-state index is 13.1. The van der Waals surface area contributed by atoms with Gasteiger partial charge in [-0.1, -0.05) is 29.8 Å². The Labute approximate surface area is 172 Å². The number of piperidine rings is 1. The highest BCUT2D eigenvalue weighted by molar-refractivity contribution is 6.31. The summed E-state index contributed by atoms with van der Waals surface area (Å²) in [6, 6.07) is 7.75. The van der Waals surface area contributed by atoms with Crippen molar-refractivity contribution in [3.05, 3.63) is 51.8 Å². The maximum absolute atomic E-state index is 13.1. The van der Waals surface area contributed by atoms with E-state index in [1.807, 2.05) is 54.7 Å². The first-order valence-electron chi connectivity index (χ1n) is 9.22. The third-order valence-electron chi connectivity index (χ3n) is 5.27. The van der Waals surface area contributed by atoms with Crippen LogP contribution in [0, 0.1) is 19.8 Å². The standard InChI is InChI=1S/C20H27ClN4O.ClH/c1-14-19(20(26)24-10-8-16(9-11-24)12-22-3)15(2)25(23-14)13-17-6-4-5-7-18(17)21;/h4-7,16,22H,8-13H2,1-3H3;1H. The van der Waals surface area contributed by atoms with Gasteiger partial charge in [0.25, 0.3) is 5.91 Å². The van der Waals surface area contributed by atoms with Gasteiger partial charge in [0.2, 0.25) is 0 Å². The van der Waals surface area contributed by atoms with Crippen molar-refractivity contribution in [2.45, 2.75) is 33.2 Å². The molecule has 1 aliphatic heterocycles. The van der Waals surface area contributed by atoms with Gasteiger partial charge in [-0.3, -0.25) is 9.48 Å². The molecule has 1 aromatic heterocycles. The van der Waals surface area contributed by atoms with Gasteiger partial charge >= 0.3 is 0 Å². The molecular formula is C20H28Cl2N4O. The van der Waals surface area contributed by atoms with E-state index in [1.54, 1.807) is 0 Å². The Bertz CT molecular complexity index is 782. The summed E-state index contributed by atoms with van der Waals surface area (Å²) < 4.78 is 1.89. The van der Waals surface area contributed by atoms with E-state index in [1.165, 1.54) is 0 Å². The first kappa shape index (κ1) is 21.7. The molecule has 27 heavy (non-hydrogen) atoms. The molecule has 5 nitrogen and oxygen atoms in total. The number of rotatable bonds is 5. The van der Waals surface area contributed by atoms with Crippen molar-refractivity contribution in [3.63, 3.8) is 0 Å². The zero-order valence-electron chi connectivity index (χ0n) is 16.2. The van der Waals surface area contributed by atoms with Crippen molar-refractivity contribution < 1.29 is 4.79 Å². The number of carbonyl (C=O) groups is 1. The molecule has 0 saturated carbocycles. The van der Waals surface area contributed by atoms with Crippen LogP contribution in [-0.4, -0.2) is 47.3 Å². The molecule has 0 unspecified atom stereocenters. The molecular weight excluding hydrogens is 383 g/mol. The van der Waals surface area contributed by atoms with E-state index in [0.717, 1.165) is 60.0 Å². The minimum absolute atomic E-state index is 0. The fourth-order valence-electron chi connectivity index (χ4n) is 3.74. The van der Waals surface area contributed by atoms with Crippen molar-refractivity contribution in [2.24, 2.45) is 5.92 Å². The molecule has 0 radical (unpaired) electrons. The third-order valence-corrected chi connectivity index (χ3v) is 5.64. The molecule has 7 heteroatoms. The van der Waals surface area contributed by atoms with Crippen LogP contribution in [0.25, 0.3) is 0 Å². The second-order valence-electron chi connectivity index (χ2n) is 7.09. The second-order valence-corrected chi connectivity index (χ2v) is 7.50. The lowest BCUT2D eigenvalue weighted by Crippen LogP contribution is -2.40. The number of amides is 1. The molecule has 3 rings (SSSR count). The Morgan fingerprint density at radius 2 is 1.93 bits per heavy atom. The quantitative estimate of drug-likeness (QED) is 0.817. The molecule has 0 atom stereocenters. The zero-order valence-corrected chi connectivity index (χ0v) is 17.7. The predicted molar refractivity (Wildman–Crippen MR) is 112 cm³/mol. The third kappa shape index (κ3) is 4.84. The van der Waals surface area contributed by atoms with Gasteiger partial charge in [-0.25, -0.2) is 0 Å². The molecule has 2 aromatic rings. The second kappa shape index (κ2) is 9.58. The van der Waals surface area contributed by atoms with Crippen LogP contribution in [0.5, 0.6) is 0 Å². The fraction of sp³-hybridized carbons (Fsp3) is 0.500. The van der Waals surface area contributed by atoms with Crippen LogP contribution < -0.4 is 5.32 Å². The van der Waals surface area contributed by atoms with Crippen LogP contribution in [0.2, 0.25) is 5.02 Å². The summed E-state index contributed by atoms with van der Waals surface area (Å²) in [5.74, 6) is 0.766. The average Bonchev–Trinajstić information content (AvgIpc) is 2.91. The highest BCUT2D eigenvalue weighted by Crippen LogP contribution is 2.23. The lowest BCUT2D eigenvalue weighted by molar-refractivity contribution is 0.0689. The Balaban J connectivity index is 0.00000261. The molecule has 1 aliphatic rings. The number of nitrogens with zero attached hydrogens (tertiary/aromatic N) is 3. The number of hydrogen-bond donors (Lipinski definition) is 1. The first-order chi connectivity index (χ1) is 12.5.